The lowest BCUT2D eigenvalue weighted by Crippen LogP contribution is -2.25. The Bertz CT molecular complexity index is 949. The van der Waals surface area contributed by atoms with Gasteiger partial charge in [0.15, 0.2) is 11.5 Å². The van der Waals surface area contributed by atoms with Crippen molar-refractivity contribution in [3.05, 3.63) is 60.3 Å². The highest BCUT2D eigenvalue weighted by molar-refractivity contribution is 5.67. The summed E-state index contributed by atoms with van der Waals surface area (Å²) in [5, 5.41) is 8.41. The van der Waals surface area contributed by atoms with Gasteiger partial charge in [-0.05, 0) is 43.2 Å². The molecule has 0 spiro atoms. The Labute approximate surface area is 164 Å². The Morgan fingerprint density at radius 1 is 1.07 bits per heavy atom. The standard InChI is InChI=1S/C22H23N3O3/c1-2-5-18(6-3-1)25-14-17(12-23-13-19-7-4-10-26-19)22(24-25)16-8-9-20-21(11-16)28-15-27-20/h1-3,5-6,8-9,11,14,19,23H,4,7,10,12-13,15H2. The monoisotopic (exact) mass is 377 g/mol. The zero-order valence-electron chi connectivity index (χ0n) is 15.6. The average molecular weight is 377 g/mol. The number of nitrogens with zero attached hydrogens (tertiary/aromatic N) is 2. The van der Waals surface area contributed by atoms with Gasteiger partial charge in [0.05, 0.1) is 17.5 Å². The highest BCUT2D eigenvalue weighted by Crippen LogP contribution is 2.36. The van der Waals surface area contributed by atoms with Crippen molar-refractivity contribution >= 4 is 0 Å². The van der Waals surface area contributed by atoms with Crippen molar-refractivity contribution in [2.75, 3.05) is 19.9 Å². The third kappa shape index (κ3) is 3.48. The molecule has 1 N–H and O–H groups in total. The summed E-state index contributed by atoms with van der Waals surface area (Å²) >= 11 is 0. The summed E-state index contributed by atoms with van der Waals surface area (Å²) in [6.45, 7) is 2.74. The zero-order valence-corrected chi connectivity index (χ0v) is 15.6. The van der Waals surface area contributed by atoms with E-state index >= 15 is 0 Å². The van der Waals surface area contributed by atoms with Crippen LogP contribution in [-0.4, -0.2) is 35.8 Å². The van der Waals surface area contributed by atoms with Gasteiger partial charge in [0.1, 0.15) is 0 Å². The second-order valence-corrected chi connectivity index (χ2v) is 7.12. The van der Waals surface area contributed by atoms with Crippen LogP contribution < -0.4 is 14.8 Å². The molecular weight excluding hydrogens is 354 g/mol. The Kier molecular flexibility index (Phi) is 4.72. The molecule has 6 heteroatoms. The van der Waals surface area contributed by atoms with Crippen LogP contribution in [0.4, 0.5) is 0 Å². The topological polar surface area (TPSA) is 57.5 Å². The molecule has 1 unspecified atom stereocenters. The zero-order chi connectivity index (χ0) is 18.8. The minimum absolute atomic E-state index is 0.271. The van der Waals surface area contributed by atoms with Gasteiger partial charge in [-0.3, -0.25) is 0 Å². The van der Waals surface area contributed by atoms with Crippen molar-refractivity contribution in [3.8, 4) is 28.4 Å². The predicted octanol–water partition coefficient (Wildman–Crippen LogP) is 3.54. The van der Waals surface area contributed by atoms with Crippen LogP contribution in [-0.2, 0) is 11.3 Å². The van der Waals surface area contributed by atoms with Gasteiger partial charge in [-0.25, -0.2) is 4.68 Å². The number of ether oxygens (including phenoxy) is 3. The number of aromatic nitrogens is 2. The Hall–Kier alpha value is -2.83. The molecule has 28 heavy (non-hydrogen) atoms. The number of hydrogen-bond acceptors (Lipinski definition) is 5. The van der Waals surface area contributed by atoms with E-state index in [2.05, 4.69) is 23.6 Å². The summed E-state index contributed by atoms with van der Waals surface area (Å²) in [5.41, 5.74) is 4.14. The Balaban J connectivity index is 1.44. The molecule has 144 valence electrons. The Morgan fingerprint density at radius 3 is 2.82 bits per heavy atom. The molecule has 1 fully saturated rings. The second-order valence-electron chi connectivity index (χ2n) is 7.12. The summed E-state index contributed by atoms with van der Waals surface area (Å²) in [6, 6.07) is 16.1. The van der Waals surface area contributed by atoms with Crippen LogP contribution in [0.2, 0.25) is 0 Å². The number of hydrogen-bond donors (Lipinski definition) is 1. The number of para-hydroxylation sites is 1. The van der Waals surface area contributed by atoms with Gasteiger partial charge in [-0.2, -0.15) is 5.10 Å². The fourth-order valence-corrected chi connectivity index (χ4v) is 3.71. The van der Waals surface area contributed by atoms with Gasteiger partial charge < -0.3 is 19.5 Å². The van der Waals surface area contributed by atoms with Crippen molar-refractivity contribution in [2.45, 2.75) is 25.5 Å². The Morgan fingerprint density at radius 2 is 1.96 bits per heavy atom. The van der Waals surface area contributed by atoms with E-state index in [4.69, 9.17) is 19.3 Å². The molecular formula is C22H23N3O3. The number of fused-ring (bicyclic) bond motifs is 1. The summed E-state index contributed by atoms with van der Waals surface area (Å²) in [6.07, 6.45) is 4.70. The van der Waals surface area contributed by atoms with Crippen LogP contribution in [0.1, 0.15) is 18.4 Å². The highest BCUT2D eigenvalue weighted by Gasteiger charge is 2.19. The lowest BCUT2D eigenvalue weighted by atomic mass is 10.1. The molecule has 0 bridgehead atoms. The summed E-state index contributed by atoms with van der Waals surface area (Å²) in [7, 11) is 0. The van der Waals surface area contributed by atoms with Crippen molar-refractivity contribution in [3.63, 3.8) is 0 Å². The molecule has 0 aliphatic carbocycles. The molecule has 0 saturated carbocycles. The van der Waals surface area contributed by atoms with Gasteiger partial charge >= 0.3 is 0 Å². The fourth-order valence-electron chi connectivity index (χ4n) is 3.71. The smallest absolute Gasteiger partial charge is 0.231 e. The molecule has 1 saturated heterocycles. The molecule has 6 nitrogen and oxygen atoms in total. The molecule has 5 rings (SSSR count). The molecule has 3 heterocycles. The summed E-state index contributed by atoms with van der Waals surface area (Å²) in [4.78, 5) is 0. The van der Waals surface area contributed by atoms with E-state index in [1.165, 1.54) is 0 Å². The maximum absolute atomic E-state index is 5.72. The number of benzene rings is 2. The van der Waals surface area contributed by atoms with E-state index < -0.39 is 0 Å². The highest BCUT2D eigenvalue weighted by atomic mass is 16.7. The molecule has 1 aromatic heterocycles. The lowest BCUT2D eigenvalue weighted by molar-refractivity contribution is 0.110. The molecule has 3 aromatic rings. The van der Waals surface area contributed by atoms with E-state index in [0.29, 0.717) is 6.10 Å². The predicted molar refractivity (Wildman–Crippen MR) is 106 cm³/mol. The second kappa shape index (κ2) is 7.66. The molecule has 1 atom stereocenters. The molecule has 2 aromatic carbocycles. The third-order valence-corrected chi connectivity index (χ3v) is 5.17. The van der Waals surface area contributed by atoms with Gasteiger partial charge in [-0.15, -0.1) is 0 Å². The first-order valence-corrected chi connectivity index (χ1v) is 9.73. The van der Waals surface area contributed by atoms with Gasteiger partial charge in [0.25, 0.3) is 0 Å². The van der Waals surface area contributed by atoms with Crippen molar-refractivity contribution in [2.24, 2.45) is 0 Å². The maximum Gasteiger partial charge on any atom is 0.231 e. The first kappa shape index (κ1) is 17.3. The largest absolute Gasteiger partial charge is 0.454 e. The quantitative estimate of drug-likeness (QED) is 0.712. The molecule has 2 aliphatic heterocycles. The first-order valence-electron chi connectivity index (χ1n) is 9.73. The van der Waals surface area contributed by atoms with E-state index in [9.17, 15) is 0 Å². The van der Waals surface area contributed by atoms with Crippen LogP contribution in [0.25, 0.3) is 16.9 Å². The first-order chi connectivity index (χ1) is 13.9. The molecule has 0 amide bonds. The normalized spacial score (nSPS) is 17.9. The van der Waals surface area contributed by atoms with Crippen LogP contribution >= 0.6 is 0 Å². The molecule has 2 aliphatic rings. The minimum atomic E-state index is 0.271. The van der Waals surface area contributed by atoms with E-state index in [1.807, 2.05) is 41.1 Å². The van der Waals surface area contributed by atoms with E-state index in [0.717, 1.165) is 66.5 Å². The van der Waals surface area contributed by atoms with E-state index in [-0.39, 0.29) is 6.79 Å². The summed E-state index contributed by atoms with van der Waals surface area (Å²) < 4.78 is 18.6. The summed E-state index contributed by atoms with van der Waals surface area (Å²) in [5.74, 6) is 1.55. The van der Waals surface area contributed by atoms with Crippen molar-refractivity contribution in [1.82, 2.24) is 15.1 Å². The maximum atomic E-state index is 5.72. The van der Waals surface area contributed by atoms with Crippen LogP contribution in [0, 0.1) is 0 Å². The van der Waals surface area contributed by atoms with Crippen molar-refractivity contribution in [1.29, 1.82) is 0 Å². The number of nitrogens with one attached hydrogen (secondary N) is 1. The van der Waals surface area contributed by atoms with Gasteiger partial charge in [0.2, 0.25) is 6.79 Å². The number of rotatable bonds is 6. The van der Waals surface area contributed by atoms with Crippen LogP contribution in [0.5, 0.6) is 11.5 Å². The SMILES string of the molecule is c1ccc(-n2cc(CNCC3CCCO3)c(-c3ccc4c(c3)OCO4)n2)cc1. The third-order valence-electron chi connectivity index (χ3n) is 5.17. The minimum Gasteiger partial charge on any atom is -0.454 e. The van der Waals surface area contributed by atoms with Crippen molar-refractivity contribution < 1.29 is 14.2 Å². The van der Waals surface area contributed by atoms with Crippen LogP contribution in [0.3, 0.4) is 0 Å². The van der Waals surface area contributed by atoms with Gasteiger partial charge in [-0.1, -0.05) is 18.2 Å². The molecule has 0 radical (unpaired) electrons. The van der Waals surface area contributed by atoms with Crippen LogP contribution in [0.15, 0.2) is 54.7 Å². The lowest BCUT2D eigenvalue weighted by Gasteiger charge is -2.10. The average Bonchev–Trinajstić information content (AvgIpc) is 3.49. The van der Waals surface area contributed by atoms with E-state index in [1.54, 1.807) is 0 Å². The van der Waals surface area contributed by atoms with Gasteiger partial charge in [0, 0.05) is 37.0 Å². The fraction of sp³-hybridized carbons (Fsp3) is 0.318.